The summed E-state index contributed by atoms with van der Waals surface area (Å²) < 4.78 is 33.3. The first kappa shape index (κ1) is 28.1. The first-order valence-corrected chi connectivity index (χ1v) is 11.8. The van der Waals surface area contributed by atoms with E-state index in [4.69, 9.17) is 19.9 Å². The van der Waals surface area contributed by atoms with Crippen molar-refractivity contribution in [3.8, 4) is 0 Å². The number of alkyl halides is 1. The number of esters is 2. The maximum Gasteiger partial charge on any atom is 0.340 e. The van der Waals surface area contributed by atoms with Crippen LogP contribution in [0.3, 0.4) is 0 Å². The summed E-state index contributed by atoms with van der Waals surface area (Å²) in [6, 6.07) is 15.7. The molecule has 0 aliphatic carbocycles. The van der Waals surface area contributed by atoms with Gasteiger partial charge in [0.15, 0.2) is 16.9 Å². The molecule has 0 radical (unpaired) electrons. The Kier molecular flexibility index (Phi) is 8.31. The molecule has 0 unspecified atom stereocenters. The Hall–Kier alpha value is -4.95. The van der Waals surface area contributed by atoms with Crippen LogP contribution in [0.5, 0.6) is 0 Å². The molecular formula is C26H25FN6O7. The Labute approximate surface area is 226 Å². The average molecular weight is 553 g/mol. The van der Waals surface area contributed by atoms with Gasteiger partial charge in [0.25, 0.3) is 5.56 Å². The molecule has 2 heterocycles. The van der Waals surface area contributed by atoms with Crippen LogP contribution in [-0.4, -0.2) is 63.0 Å². The number of carbonyl (C=O) groups is 3. The lowest BCUT2D eigenvalue weighted by atomic mass is 10.1. The molecule has 0 saturated carbocycles. The van der Waals surface area contributed by atoms with Gasteiger partial charge in [0, 0.05) is 14.0 Å². The van der Waals surface area contributed by atoms with Gasteiger partial charge in [-0.2, -0.15) is 4.98 Å². The molecule has 0 spiro atoms. The Bertz CT molecular complexity index is 1580. The molecule has 4 aromatic rings. The van der Waals surface area contributed by atoms with Gasteiger partial charge in [0.05, 0.1) is 11.1 Å². The monoisotopic (exact) mass is 552 g/mol. The lowest BCUT2D eigenvalue weighted by Crippen LogP contribution is -2.58. The highest BCUT2D eigenvalue weighted by atomic mass is 19.1. The smallest absolute Gasteiger partial charge is 0.340 e. The SMILES string of the molecule is CO[C@](N)(COC(=O)c1ccccc1)[C@@H](F)[C@@H](OC(=O)c1ccccc1)n1cnc2c(=O)[nH]c(NC(C)=O)nc21. The molecule has 40 heavy (non-hydrogen) atoms. The van der Waals surface area contributed by atoms with Crippen molar-refractivity contribution in [2.24, 2.45) is 5.73 Å². The predicted octanol–water partition coefficient (Wildman–Crippen LogP) is 1.93. The standard InChI is InChI=1S/C26H25FN6O7/c1-15(34)30-25-31-20-18(21(35)32-25)29-14-33(20)22(40-24(37)17-11-7-4-8-12-17)19(27)26(28,38-2)13-39-23(36)16-9-5-3-6-10-16/h3-12,14,19,22H,13,28H2,1-2H3,(H2,30,31,32,34,35)/t19-,22+,26+/m0/s1. The number of H-pyrrole nitrogens is 1. The first-order valence-electron chi connectivity index (χ1n) is 11.8. The number of hydrogen-bond donors (Lipinski definition) is 3. The highest BCUT2D eigenvalue weighted by Crippen LogP contribution is 2.30. The molecule has 208 valence electrons. The van der Waals surface area contributed by atoms with Gasteiger partial charge in [-0.05, 0) is 24.3 Å². The van der Waals surface area contributed by atoms with Crippen molar-refractivity contribution in [3.05, 3.63) is 88.5 Å². The third-order valence-electron chi connectivity index (χ3n) is 5.77. The number of benzene rings is 2. The van der Waals surface area contributed by atoms with Crippen LogP contribution in [0.1, 0.15) is 33.9 Å². The van der Waals surface area contributed by atoms with Gasteiger partial charge in [-0.25, -0.2) is 19.0 Å². The van der Waals surface area contributed by atoms with Gasteiger partial charge in [-0.1, -0.05) is 36.4 Å². The lowest BCUT2D eigenvalue weighted by molar-refractivity contribution is -0.150. The van der Waals surface area contributed by atoms with Crippen LogP contribution in [0, 0.1) is 0 Å². The second-order valence-corrected chi connectivity index (χ2v) is 8.58. The van der Waals surface area contributed by atoms with E-state index in [1.807, 2.05) is 0 Å². The van der Waals surface area contributed by atoms with Crippen molar-refractivity contribution in [1.29, 1.82) is 0 Å². The van der Waals surface area contributed by atoms with Gasteiger partial charge < -0.3 is 14.2 Å². The lowest BCUT2D eigenvalue weighted by Gasteiger charge is -2.35. The third kappa shape index (κ3) is 6.03. The average Bonchev–Trinajstić information content (AvgIpc) is 3.38. The Morgan fingerprint density at radius 1 is 1.07 bits per heavy atom. The summed E-state index contributed by atoms with van der Waals surface area (Å²) in [5, 5.41) is 2.32. The van der Waals surface area contributed by atoms with Crippen molar-refractivity contribution < 1.29 is 33.0 Å². The molecule has 0 fully saturated rings. The second-order valence-electron chi connectivity index (χ2n) is 8.58. The van der Waals surface area contributed by atoms with E-state index in [0.29, 0.717) is 0 Å². The molecule has 14 heteroatoms. The summed E-state index contributed by atoms with van der Waals surface area (Å²) in [6.07, 6.45) is -3.31. The predicted molar refractivity (Wildman–Crippen MR) is 139 cm³/mol. The van der Waals surface area contributed by atoms with E-state index in [-0.39, 0.29) is 28.2 Å². The summed E-state index contributed by atoms with van der Waals surface area (Å²) in [4.78, 5) is 60.0. The number of halogens is 1. The fourth-order valence-electron chi connectivity index (χ4n) is 3.68. The molecule has 2 aromatic carbocycles. The van der Waals surface area contributed by atoms with Crippen molar-refractivity contribution >= 4 is 35.0 Å². The Morgan fingerprint density at radius 2 is 1.68 bits per heavy atom. The first-order chi connectivity index (χ1) is 19.1. The zero-order valence-corrected chi connectivity index (χ0v) is 21.4. The summed E-state index contributed by atoms with van der Waals surface area (Å²) in [7, 11) is 1.09. The minimum Gasteiger partial charge on any atom is -0.457 e. The molecule has 1 amide bonds. The molecule has 0 saturated heterocycles. The minimum atomic E-state index is -2.41. The highest BCUT2D eigenvalue weighted by molar-refractivity contribution is 5.90. The summed E-state index contributed by atoms with van der Waals surface area (Å²) in [5.41, 5.74) is 2.93. The molecule has 4 rings (SSSR count). The fourth-order valence-corrected chi connectivity index (χ4v) is 3.68. The number of ether oxygens (including phenoxy) is 3. The van der Waals surface area contributed by atoms with Crippen LogP contribution in [0.25, 0.3) is 11.2 Å². The highest BCUT2D eigenvalue weighted by Gasteiger charge is 2.46. The van der Waals surface area contributed by atoms with Crippen molar-refractivity contribution in [3.63, 3.8) is 0 Å². The number of fused-ring (bicyclic) bond motifs is 1. The van der Waals surface area contributed by atoms with Crippen LogP contribution in [0.2, 0.25) is 0 Å². The maximum atomic E-state index is 16.4. The van der Waals surface area contributed by atoms with E-state index in [9.17, 15) is 19.2 Å². The van der Waals surface area contributed by atoms with E-state index >= 15 is 4.39 Å². The number of imidazole rings is 1. The minimum absolute atomic E-state index is 0.0874. The quantitative estimate of drug-likeness (QED) is 0.194. The van der Waals surface area contributed by atoms with Crippen molar-refractivity contribution in [2.45, 2.75) is 25.0 Å². The van der Waals surface area contributed by atoms with Gasteiger partial charge in [0.2, 0.25) is 24.3 Å². The summed E-state index contributed by atoms with van der Waals surface area (Å²) in [5.74, 6) is -2.53. The van der Waals surface area contributed by atoms with Crippen LogP contribution in [-0.2, 0) is 19.0 Å². The Morgan fingerprint density at radius 3 is 2.25 bits per heavy atom. The van der Waals surface area contributed by atoms with E-state index in [1.54, 1.807) is 36.4 Å². The summed E-state index contributed by atoms with van der Waals surface area (Å²) >= 11 is 0. The number of nitrogens with zero attached hydrogens (tertiary/aromatic N) is 3. The van der Waals surface area contributed by atoms with Crippen LogP contribution < -0.4 is 16.6 Å². The van der Waals surface area contributed by atoms with Gasteiger partial charge in [0.1, 0.15) is 12.9 Å². The van der Waals surface area contributed by atoms with E-state index in [2.05, 4.69) is 20.3 Å². The fraction of sp³-hybridized carbons (Fsp3) is 0.231. The third-order valence-corrected chi connectivity index (χ3v) is 5.77. The van der Waals surface area contributed by atoms with Crippen LogP contribution in [0.15, 0.2) is 71.8 Å². The van der Waals surface area contributed by atoms with E-state index in [1.165, 1.54) is 31.2 Å². The molecule has 0 aliphatic heterocycles. The topological polar surface area (TPSA) is 181 Å². The number of methoxy groups -OCH3 is 1. The number of aromatic amines is 1. The molecule has 13 nitrogen and oxygen atoms in total. The molecular weight excluding hydrogens is 527 g/mol. The zero-order valence-electron chi connectivity index (χ0n) is 21.4. The van der Waals surface area contributed by atoms with Crippen LogP contribution >= 0.6 is 0 Å². The number of carbonyl (C=O) groups excluding carboxylic acids is 3. The van der Waals surface area contributed by atoms with Gasteiger partial charge in [-0.15, -0.1) is 0 Å². The number of nitrogens with one attached hydrogen (secondary N) is 2. The van der Waals surface area contributed by atoms with E-state index < -0.39 is 48.1 Å². The number of anilines is 1. The number of amides is 1. The maximum absolute atomic E-state index is 16.4. The normalized spacial score (nSPS) is 14.1. The number of aromatic nitrogens is 4. The second kappa shape index (κ2) is 11.8. The van der Waals surface area contributed by atoms with Gasteiger partial charge >= 0.3 is 11.9 Å². The van der Waals surface area contributed by atoms with Crippen LogP contribution in [0.4, 0.5) is 10.3 Å². The number of hydrogen-bond acceptors (Lipinski definition) is 10. The Balaban J connectivity index is 1.73. The molecule has 4 N–H and O–H groups in total. The number of rotatable bonds is 10. The van der Waals surface area contributed by atoms with Gasteiger partial charge in [-0.3, -0.25) is 30.2 Å². The van der Waals surface area contributed by atoms with Crippen molar-refractivity contribution in [1.82, 2.24) is 19.5 Å². The number of nitrogens with two attached hydrogens (primary N) is 1. The molecule has 0 bridgehead atoms. The molecule has 2 aromatic heterocycles. The summed E-state index contributed by atoms with van der Waals surface area (Å²) in [6.45, 7) is 0.414. The largest absolute Gasteiger partial charge is 0.457 e. The zero-order chi connectivity index (χ0) is 28.9. The molecule has 3 atom stereocenters. The van der Waals surface area contributed by atoms with Crippen molar-refractivity contribution in [2.75, 3.05) is 19.0 Å². The molecule has 0 aliphatic rings. The van der Waals surface area contributed by atoms with E-state index in [0.717, 1.165) is 18.0 Å².